The van der Waals surface area contributed by atoms with Crippen molar-refractivity contribution in [1.82, 2.24) is 29.9 Å². The number of hydrogen-bond donors (Lipinski definition) is 1. The van der Waals surface area contributed by atoms with Gasteiger partial charge in [-0.3, -0.25) is 0 Å². The highest BCUT2D eigenvalue weighted by Crippen LogP contribution is 2.34. The van der Waals surface area contributed by atoms with Crippen molar-refractivity contribution < 1.29 is 17.9 Å². The summed E-state index contributed by atoms with van der Waals surface area (Å²) in [5.74, 6) is 2.28. The fraction of sp³-hybridized carbons (Fsp3) is 0.179. The molecule has 0 amide bonds. The van der Waals surface area contributed by atoms with E-state index in [1.54, 1.807) is 63.0 Å². The highest BCUT2D eigenvalue weighted by molar-refractivity contribution is 7.90. The van der Waals surface area contributed by atoms with Crippen LogP contribution in [0.3, 0.4) is 0 Å². The maximum atomic E-state index is 12.7. The van der Waals surface area contributed by atoms with Crippen molar-refractivity contribution in [2.24, 2.45) is 0 Å². The van der Waals surface area contributed by atoms with Gasteiger partial charge in [-0.1, -0.05) is 24.4 Å². The van der Waals surface area contributed by atoms with Gasteiger partial charge < -0.3 is 14.8 Å². The van der Waals surface area contributed by atoms with Gasteiger partial charge in [-0.15, -0.1) is 0 Å². The van der Waals surface area contributed by atoms with Gasteiger partial charge in [0.1, 0.15) is 29.5 Å². The van der Waals surface area contributed by atoms with E-state index in [9.17, 15) is 8.42 Å². The lowest BCUT2D eigenvalue weighted by atomic mass is 10.1. The first-order valence-electron chi connectivity index (χ1n) is 12.4. The van der Waals surface area contributed by atoms with Crippen LogP contribution in [0.2, 0.25) is 0 Å². The molecule has 11 nitrogen and oxygen atoms in total. The molecule has 208 valence electrons. The van der Waals surface area contributed by atoms with Crippen LogP contribution in [0.4, 0.5) is 11.5 Å². The smallest absolute Gasteiger partial charge is 0.185 e. The third-order valence-electron chi connectivity index (χ3n) is 6.09. The van der Waals surface area contributed by atoms with Gasteiger partial charge in [0.15, 0.2) is 21.3 Å². The molecule has 0 saturated carbocycles. The number of benzene rings is 2. The first kappa shape index (κ1) is 27.9. The molecule has 0 fully saturated rings. The molecule has 0 aliphatic heterocycles. The molecule has 0 aliphatic rings. The summed E-state index contributed by atoms with van der Waals surface area (Å²) in [5.41, 5.74) is 2.23. The van der Waals surface area contributed by atoms with Crippen molar-refractivity contribution in [2.75, 3.05) is 19.5 Å². The molecule has 13 heteroatoms. The van der Waals surface area contributed by atoms with E-state index in [0.29, 0.717) is 47.2 Å². The molecule has 0 radical (unpaired) electrons. The highest BCUT2D eigenvalue weighted by atomic mass is 32.2. The van der Waals surface area contributed by atoms with Gasteiger partial charge in [-0.25, -0.2) is 38.3 Å². The third-order valence-corrected chi connectivity index (χ3v) is 8.00. The van der Waals surface area contributed by atoms with Gasteiger partial charge in [-0.05, 0) is 29.8 Å². The van der Waals surface area contributed by atoms with E-state index in [1.807, 2.05) is 6.07 Å². The molecule has 2 aromatic carbocycles. The fourth-order valence-corrected chi connectivity index (χ4v) is 5.57. The Kier molecular flexibility index (Phi) is 8.36. The molecule has 0 atom stereocenters. The summed E-state index contributed by atoms with van der Waals surface area (Å²) in [6, 6.07) is 11.9. The molecule has 0 unspecified atom stereocenters. The Morgan fingerprint density at radius 1 is 0.854 bits per heavy atom. The summed E-state index contributed by atoms with van der Waals surface area (Å²) < 4.78 is 36.2. The largest absolute Gasteiger partial charge is 0.493 e. The molecule has 1 N–H and O–H groups in total. The predicted octanol–water partition coefficient (Wildman–Crippen LogP) is 4.10. The van der Waals surface area contributed by atoms with E-state index in [1.165, 1.54) is 18.7 Å². The first-order valence-corrected chi connectivity index (χ1v) is 14.4. The van der Waals surface area contributed by atoms with E-state index in [2.05, 4.69) is 35.2 Å². The van der Waals surface area contributed by atoms with Crippen LogP contribution in [0, 0.1) is 0 Å². The SMILES string of the molecule is COc1cc2ncnc(Nc3cnc(CC(=S)Cc4ccc(S(=O)(=O)Cc5ncccn5)cc4)nc3)c2cc1OC. The minimum Gasteiger partial charge on any atom is -0.493 e. The number of nitrogens with one attached hydrogen (secondary N) is 1. The number of methoxy groups -OCH3 is 2. The van der Waals surface area contributed by atoms with Crippen LogP contribution in [0.15, 0.2) is 78.5 Å². The molecule has 41 heavy (non-hydrogen) atoms. The van der Waals surface area contributed by atoms with Crippen molar-refractivity contribution in [3.8, 4) is 11.5 Å². The van der Waals surface area contributed by atoms with Gasteiger partial charge in [0.05, 0.1) is 42.7 Å². The van der Waals surface area contributed by atoms with E-state index in [4.69, 9.17) is 21.7 Å². The number of anilines is 2. The lowest BCUT2D eigenvalue weighted by molar-refractivity contribution is 0.356. The van der Waals surface area contributed by atoms with E-state index in [0.717, 1.165) is 15.8 Å². The summed E-state index contributed by atoms with van der Waals surface area (Å²) in [6.45, 7) is 0. The maximum absolute atomic E-state index is 12.7. The molecule has 0 saturated heterocycles. The number of aromatic nitrogens is 6. The number of sulfone groups is 1. The van der Waals surface area contributed by atoms with E-state index < -0.39 is 9.84 Å². The zero-order valence-corrected chi connectivity index (χ0v) is 23.8. The van der Waals surface area contributed by atoms with Crippen molar-refractivity contribution in [3.63, 3.8) is 0 Å². The second-order valence-electron chi connectivity index (χ2n) is 8.92. The van der Waals surface area contributed by atoms with E-state index >= 15 is 0 Å². The Hall–Kier alpha value is -4.62. The summed E-state index contributed by atoms with van der Waals surface area (Å²) in [6.07, 6.45) is 8.71. The number of ether oxygens (including phenoxy) is 2. The van der Waals surface area contributed by atoms with Gasteiger partial charge >= 0.3 is 0 Å². The van der Waals surface area contributed by atoms with Gasteiger partial charge in [0.2, 0.25) is 0 Å². The van der Waals surface area contributed by atoms with Crippen molar-refractivity contribution in [1.29, 1.82) is 0 Å². The molecule has 5 aromatic rings. The number of fused-ring (bicyclic) bond motifs is 1. The summed E-state index contributed by atoms with van der Waals surface area (Å²) in [7, 11) is -0.416. The number of nitrogens with zero attached hydrogens (tertiary/aromatic N) is 6. The van der Waals surface area contributed by atoms with Crippen LogP contribution in [0.5, 0.6) is 11.5 Å². The zero-order valence-electron chi connectivity index (χ0n) is 22.2. The molecule has 0 bridgehead atoms. The molecule has 3 heterocycles. The minimum absolute atomic E-state index is 0.208. The van der Waals surface area contributed by atoms with Crippen molar-refractivity contribution in [3.05, 3.63) is 90.8 Å². The Bertz CT molecular complexity index is 1790. The Morgan fingerprint density at radius 3 is 2.22 bits per heavy atom. The Morgan fingerprint density at radius 2 is 1.54 bits per heavy atom. The summed E-state index contributed by atoms with van der Waals surface area (Å²) in [5, 5.41) is 3.98. The molecule has 0 aliphatic carbocycles. The maximum Gasteiger partial charge on any atom is 0.185 e. The first-order chi connectivity index (χ1) is 19.8. The molecular weight excluding hydrogens is 562 g/mol. The summed E-state index contributed by atoms with van der Waals surface area (Å²) >= 11 is 5.58. The van der Waals surface area contributed by atoms with Crippen LogP contribution in [0.25, 0.3) is 10.9 Å². The predicted molar refractivity (Wildman–Crippen MR) is 157 cm³/mol. The van der Waals surface area contributed by atoms with Crippen molar-refractivity contribution in [2.45, 2.75) is 23.5 Å². The average Bonchev–Trinajstić information content (AvgIpc) is 2.98. The molecule has 0 spiro atoms. The number of hydrogen-bond acceptors (Lipinski definition) is 12. The quantitative estimate of drug-likeness (QED) is 0.222. The Labute approximate surface area is 242 Å². The van der Waals surface area contributed by atoms with Crippen molar-refractivity contribution >= 4 is 49.3 Å². The molecule has 5 rings (SSSR count). The van der Waals surface area contributed by atoms with Gasteiger partial charge in [0, 0.05) is 41.6 Å². The second-order valence-corrected chi connectivity index (χ2v) is 11.5. The highest BCUT2D eigenvalue weighted by Gasteiger charge is 2.17. The van der Waals surface area contributed by atoms with Gasteiger partial charge in [0.25, 0.3) is 0 Å². The topological polar surface area (TPSA) is 142 Å². The van der Waals surface area contributed by atoms with E-state index in [-0.39, 0.29) is 16.5 Å². The van der Waals surface area contributed by atoms with Crippen LogP contribution >= 0.6 is 12.2 Å². The van der Waals surface area contributed by atoms with Gasteiger partial charge in [-0.2, -0.15) is 0 Å². The average molecular weight is 588 g/mol. The van der Waals surface area contributed by atoms with Crippen LogP contribution in [-0.2, 0) is 28.4 Å². The van der Waals surface area contributed by atoms with Crippen LogP contribution in [0.1, 0.15) is 17.2 Å². The number of thiocarbonyl (C=S) groups is 1. The monoisotopic (exact) mass is 587 g/mol. The molecular formula is C28H25N7O4S2. The fourth-order valence-electron chi connectivity index (χ4n) is 4.07. The minimum atomic E-state index is -3.56. The lowest BCUT2D eigenvalue weighted by Crippen LogP contribution is -2.09. The normalized spacial score (nSPS) is 11.3. The Balaban J connectivity index is 1.21. The van der Waals surface area contributed by atoms with Crippen LogP contribution in [-0.4, -0.2) is 57.4 Å². The number of rotatable bonds is 11. The second kappa shape index (κ2) is 12.3. The molecule has 3 aromatic heterocycles. The summed E-state index contributed by atoms with van der Waals surface area (Å²) in [4.78, 5) is 26.5. The lowest BCUT2D eigenvalue weighted by Gasteiger charge is -2.12. The standard InChI is InChI=1S/C28H25N7O4S2/c1-38-24-12-22-23(13-25(24)39-2)33-17-34-28(22)35-19-14-31-26(32-15-19)11-20(40)10-18-4-6-21(7-5-18)41(36,37)16-27-29-8-3-9-30-27/h3-9,12-15,17H,10-11,16H2,1-2H3,(H,33,34,35). The van der Waals surface area contributed by atoms with Crippen LogP contribution < -0.4 is 14.8 Å². The zero-order chi connectivity index (χ0) is 28.8. The third kappa shape index (κ3) is 6.76.